The third-order valence-corrected chi connectivity index (χ3v) is 16.3. The van der Waals surface area contributed by atoms with E-state index in [9.17, 15) is 0 Å². The van der Waals surface area contributed by atoms with E-state index in [2.05, 4.69) is 198 Å². The molecule has 296 valence electrons. The summed E-state index contributed by atoms with van der Waals surface area (Å²) in [5.41, 5.74) is 20.1. The van der Waals surface area contributed by atoms with Crippen LogP contribution in [0.15, 0.2) is 72.8 Å². The second-order valence-electron chi connectivity index (χ2n) is 22.9. The van der Waals surface area contributed by atoms with Crippen molar-refractivity contribution in [3.05, 3.63) is 111 Å². The maximum atomic E-state index is 2.76. The Bertz CT molecular complexity index is 2460. The summed E-state index contributed by atoms with van der Waals surface area (Å²) in [6, 6.07) is 29.5. The van der Waals surface area contributed by atoms with Crippen LogP contribution in [0.3, 0.4) is 0 Å². The molecule has 0 saturated carbocycles. The Hall–Kier alpha value is -3.76. The molecule has 4 heteroatoms. The van der Waals surface area contributed by atoms with Crippen LogP contribution in [0.25, 0.3) is 0 Å². The quantitative estimate of drug-likeness (QED) is 0.162. The van der Waals surface area contributed by atoms with Gasteiger partial charge in [0.1, 0.15) is 0 Å². The van der Waals surface area contributed by atoms with Crippen molar-refractivity contribution in [3.63, 3.8) is 0 Å². The van der Waals surface area contributed by atoms with Crippen molar-refractivity contribution in [2.24, 2.45) is 0 Å². The molecular formula is C53H65BN2S. The van der Waals surface area contributed by atoms with Crippen LogP contribution >= 0.6 is 11.3 Å². The summed E-state index contributed by atoms with van der Waals surface area (Å²) in [6.45, 7) is 36.4. The largest absolute Gasteiger partial charge is 0.311 e. The molecule has 0 radical (unpaired) electrons. The number of anilines is 6. The molecule has 9 rings (SSSR count). The lowest BCUT2D eigenvalue weighted by atomic mass is 9.35. The Morgan fingerprint density at radius 1 is 0.544 bits per heavy atom. The monoisotopic (exact) mass is 772 g/mol. The van der Waals surface area contributed by atoms with Crippen molar-refractivity contribution in [1.29, 1.82) is 0 Å². The molecule has 0 fully saturated rings. The number of thiophene rings is 1. The summed E-state index contributed by atoms with van der Waals surface area (Å²) in [4.78, 5) is 6.95. The lowest BCUT2D eigenvalue weighted by molar-refractivity contribution is 0.332. The van der Waals surface area contributed by atoms with Crippen molar-refractivity contribution in [1.82, 2.24) is 0 Å². The van der Waals surface area contributed by atoms with E-state index in [0.717, 1.165) is 0 Å². The molecule has 2 aliphatic heterocycles. The van der Waals surface area contributed by atoms with Crippen LogP contribution in [0.4, 0.5) is 34.1 Å². The Morgan fingerprint density at radius 3 is 1.72 bits per heavy atom. The van der Waals surface area contributed by atoms with E-state index in [1.807, 2.05) is 0 Å². The standard InChI is InChI=1S/C53H65BN2S/c1-32-28-41-44-42(29-32)56(36-21-22-37-38(31-36)51(10,11)25-24-50(37,8)9)45-43-46(53(14,15)27-26-52(43,12)13)57-47(45)54(44)39-30-34(49(5,6)7)18-23-40(39)55(41)35-19-16-33(17-20-35)48(2,3)4/h16-23,28-31H,24-27H2,1-15H3. The van der Waals surface area contributed by atoms with Crippen LogP contribution < -0.4 is 25.5 Å². The summed E-state index contributed by atoms with van der Waals surface area (Å²) < 4.78 is 1.52. The first-order valence-electron chi connectivity index (χ1n) is 21.7. The molecule has 0 atom stereocenters. The number of fused-ring (bicyclic) bond motifs is 7. The summed E-state index contributed by atoms with van der Waals surface area (Å²) in [7, 11) is 0. The fourth-order valence-corrected chi connectivity index (χ4v) is 12.5. The van der Waals surface area contributed by atoms with Crippen molar-refractivity contribution < 1.29 is 0 Å². The van der Waals surface area contributed by atoms with Gasteiger partial charge >= 0.3 is 0 Å². The summed E-state index contributed by atoms with van der Waals surface area (Å²) in [5.74, 6) is 0. The zero-order chi connectivity index (χ0) is 41.0. The van der Waals surface area contributed by atoms with Crippen LogP contribution in [0.5, 0.6) is 0 Å². The van der Waals surface area contributed by atoms with E-state index in [0.29, 0.717) is 0 Å². The van der Waals surface area contributed by atoms with Gasteiger partial charge in [-0.15, -0.1) is 0 Å². The molecule has 3 heterocycles. The molecule has 0 saturated heterocycles. The zero-order valence-electron chi connectivity index (χ0n) is 37.6. The molecular weight excluding hydrogens is 707 g/mol. The van der Waals surface area contributed by atoms with E-state index in [1.165, 1.54) is 103 Å². The molecule has 0 amide bonds. The van der Waals surface area contributed by atoms with Crippen LogP contribution in [0.1, 0.15) is 161 Å². The van der Waals surface area contributed by atoms with Crippen molar-refractivity contribution in [3.8, 4) is 0 Å². The molecule has 4 aromatic carbocycles. The molecule has 0 bridgehead atoms. The zero-order valence-corrected chi connectivity index (χ0v) is 38.5. The number of hydrogen-bond donors (Lipinski definition) is 0. The van der Waals surface area contributed by atoms with Crippen molar-refractivity contribution >= 4 is 67.9 Å². The van der Waals surface area contributed by atoms with Crippen LogP contribution in [0, 0.1) is 6.92 Å². The average molecular weight is 773 g/mol. The van der Waals surface area contributed by atoms with Gasteiger partial charge < -0.3 is 9.80 Å². The van der Waals surface area contributed by atoms with Crippen LogP contribution in [-0.2, 0) is 32.5 Å². The number of aryl methyl sites for hydroxylation is 1. The number of hydrogen-bond acceptors (Lipinski definition) is 3. The molecule has 2 nitrogen and oxygen atoms in total. The predicted octanol–water partition coefficient (Wildman–Crippen LogP) is 13.4. The topological polar surface area (TPSA) is 6.48 Å². The third-order valence-electron chi connectivity index (χ3n) is 14.6. The smallest absolute Gasteiger partial charge is 0.264 e. The van der Waals surface area contributed by atoms with Gasteiger partial charge in [-0.3, -0.25) is 0 Å². The Morgan fingerprint density at radius 2 is 1.09 bits per heavy atom. The van der Waals surface area contributed by atoms with Gasteiger partial charge in [0.2, 0.25) is 0 Å². The fraction of sp³-hybridized carbons (Fsp3) is 0.472. The molecule has 57 heavy (non-hydrogen) atoms. The van der Waals surface area contributed by atoms with E-state index >= 15 is 0 Å². The lowest BCUT2D eigenvalue weighted by Crippen LogP contribution is -2.61. The minimum Gasteiger partial charge on any atom is -0.311 e. The van der Waals surface area contributed by atoms with Gasteiger partial charge in [0.25, 0.3) is 6.71 Å². The lowest BCUT2D eigenvalue weighted by Gasteiger charge is -2.46. The highest BCUT2D eigenvalue weighted by Crippen LogP contribution is 2.57. The first kappa shape index (κ1) is 38.7. The molecule has 4 aliphatic rings. The van der Waals surface area contributed by atoms with Crippen LogP contribution in [-0.4, -0.2) is 6.71 Å². The highest BCUT2D eigenvalue weighted by Gasteiger charge is 2.51. The van der Waals surface area contributed by atoms with Crippen LogP contribution in [0.2, 0.25) is 0 Å². The minimum absolute atomic E-state index is 0.0243. The SMILES string of the molecule is Cc1cc2c3c(c1)N(c1ccc4c(c1)C(C)(C)CCC4(C)C)c1c(sc4c1C(C)(C)CCC4(C)C)B3c1cc(C(C)(C)C)ccc1N2c1ccc(C(C)(C)C)cc1. The molecule has 0 unspecified atom stereocenters. The van der Waals surface area contributed by atoms with Crippen molar-refractivity contribution in [2.45, 2.75) is 162 Å². The normalized spacial score (nSPS) is 19.7. The first-order chi connectivity index (χ1) is 26.4. The average Bonchev–Trinajstić information content (AvgIpc) is 3.54. The Kier molecular flexibility index (Phi) is 8.26. The van der Waals surface area contributed by atoms with Gasteiger partial charge in [0.15, 0.2) is 0 Å². The van der Waals surface area contributed by atoms with Gasteiger partial charge in [0.05, 0.1) is 5.69 Å². The molecule has 2 aliphatic carbocycles. The number of nitrogens with zero attached hydrogens (tertiary/aromatic N) is 2. The van der Waals surface area contributed by atoms with Gasteiger partial charge in [-0.1, -0.05) is 127 Å². The molecule has 1 aromatic heterocycles. The number of rotatable bonds is 2. The summed E-state index contributed by atoms with van der Waals surface area (Å²) in [5, 5.41) is 0. The minimum atomic E-state index is 0.0243. The number of benzene rings is 4. The molecule has 0 N–H and O–H groups in total. The maximum Gasteiger partial charge on any atom is 0.264 e. The first-order valence-corrected chi connectivity index (χ1v) is 22.5. The van der Waals surface area contributed by atoms with Gasteiger partial charge in [0, 0.05) is 38.1 Å². The van der Waals surface area contributed by atoms with E-state index in [1.54, 1.807) is 10.4 Å². The van der Waals surface area contributed by atoms with Gasteiger partial charge in [-0.25, -0.2) is 0 Å². The van der Waals surface area contributed by atoms with Gasteiger partial charge in [-0.05, 0) is 152 Å². The second kappa shape index (κ2) is 12.2. The highest BCUT2D eigenvalue weighted by molar-refractivity contribution is 7.29. The summed E-state index contributed by atoms with van der Waals surface area (Å²) in [6.07, 6.45) is 4.82. The predicted molar refractivity (Wildman–Crippen MR) is 251 cm³/mol. The molecule has 5 aromatic rings. The van der Waals surface area contributed by atoms with E-state index in [4.69, 9.17) is 0 Å². The van der Waals surface area contributed by atoms with E-state index in [-0.39, 0.29) is 39.2 Å². The third kappa shape index (κ3) is 5.84. The molecule has 0 spiro atoms. The van der Waals surface area contributed by atoms with Gasteiger partial charge in [-0.2, -0.15) is 11.3 Å². The second-order valence-corrected chi connectivity index (χ2v) is 24.0. The fourth-order valence-electron chi connectivity index (χ4n) is 10.8. The highest BCUT2D eigenvalue weighted by atomic mass is 32.1. The Balaban J connectivity index is 1.40. The summed E-state index contributed by atoms with van der Waals surface area (Å²) >= 11 is 2.14. The maximum absolute atomic E-state index is 2.76. The Labute approximate surface area is 349 Å². The van der Waals surface area contributed by atoms with E-state index < -0.39 is 0 Å². The van der Waals surface area contributed by atoms with Crippen molar-refractivity contribution in [2.75, 3.05) is 9.80 Å².